The van der Waals surface area contributed by atoms with Gasteiger partial charge in [-0.05, 0) is 42.5 Å². The van der Waals surface area contributed by atoms with Crippen LogP contribution in [0.25, 0.3) is 11.0 Å². The van der Waals surface area contributed by atoms with E-state index in [9.17, 15) is 9.18 Å². The van der Waals surface area contributed by atoms with Gasteiger partial charge in [0.2, 0.25) is 5.91 Å². The molecule has 0 aliphatic rings. The van der Waals surface area contributed by atoms with Crippen LogP contribution in [-0.4, -0.2) is 22.5 Å². The highest BCUT2D eigenvalue weighted by Gasteiger charge is 2.29. The van der Waals surface area contributed by atoms with E-state index < -0.39 is 5.41 Å². The Labute approximate surface area is 141 Å². The van der Waals surface area contributed by atoms with Crippen molar-refractivity contribution in [2.24, 2.45) is 5.41 Å². The number of alkyl halides is 1. The molecule has 0 atom stereocenters. The minimum absolute atomic E-state index is 0.0872. The highest BCUT2D eigenvalue weighted by Crippen LogP contribution is 2.27. The average Bonchev–Trinajstić information content (AvgIpc) is 2.75. The van der Waals surface area contributed by atoms with Crippen LogP contribution >= 0.6 is 34.2 Å². The maximum absolute atomic E-state index is 13.8. The smallest absolute Gasteiger partial charge is 0.227 e. The number of carbonyl (C=O) groups excluding carboxylic acids is 1. The zero-order valence-electron chi connectivity index (χ0n) is 12.0. The molecule has 2 aromatic rings. The summed E-state index contributed by atoms with van der Waals surface area (Å²) in [5.41, 5.74) is 0.688. The lowest BCUT2D eigenvalue weighted by Crippen LogP contribution is -2.38. The number of aromatic nitrogens is 2. The number of imidazole rings is 1. The fraction of sp³-hybridized carbons (Fsp3) is 0.429. The van der Waals surface area contributed by atoms with Crippen molar-refractivity contribution >= 4 is 51.1 Å². The van der Waals surface area contributed by atoms with Gasteiger partial charge in [0.25, 0.3) is 0 Å². The minimum Gasteiger partial charge on any atom is -0.359 e. The van der Waals surface area contributed by atoms with E-state index in [-0.39, 0.29) is 17.6 Å². The molecule has 0 fully saturated rings. The van der Waals surface area contributed by atoms with Gasteiger partial charge < -0.3 is 9.88 Å². The molecule has 0 unspecified atom stereocenters. The Morgan fingerprint density at radius 1 is 1.52 bits per heavy atom. The van der Waals surface area contributed by atoms with Gasteiger partial charge in [0.15, 0.2) is 0 Å². The molecule has 4 nitrogen and oxygen atoms in total. The van der Waals surface area contributed by atoms with Crippen molar-refractivity contribution in [1.82, 2.24) is 14.9 Å². The van der Waals surface area contributed by atoms with Crippen LogP contribution in [0.5, 0.6) is 0 Å². The molecule has 1 aromatic heterocycles. The van der Waals surface area contributed by atoms with Crippen LogP contribution in [-0.2, 0) is 17.2 Å². The standard InChI is InChI=1S/C14H16ClFIN3O/c1-14(2,13(21)18-3)7-20-11-4-8(16)9(17)5-10(11)19-12(20)6-15/h4-5H,6-7H2,1-3H3,(H,18,21). The van der Waals surface area contributed by atoms with Crippen molar-refractivity contribution in [1.29, 1.82) is 0 Å². The van der Waals surface area contributed by atoms with E-state index in [1.807, 2.05) is 41.0 Å². The first kappa shape index (κ1) is 16.5. The molecule has 1 aromatic carbocycles. The molecule has 7 heteroatoms. The normalized spacial score (nSPS) is 11.9. The third-order valence-corrected chi connectivity index (χ3v) is 4.45. The minimum atomic E-state index is -0.650. The number of hydrogen-bond donors (Lipinski definition) is 1. The van der Waals surface area contributed by atoms with Crippen LogP contribution in [0.15, 0.2) is 12.1 Å². The lowest BCUT2D eigenvalue weighted by Gasteiger charge is -2.24. The number of amides is 1. The second kappa shape index (κ2) is 6.08. The second-order valence-corrected chi connectivity index (χ2v) is 6.90. The van der Waals surface area contributed by atoms with Crippen LogP contribution in [0.4, 0.5) is 4.39 Å². The molecule has 0 aliphatic carbocycles. The number of benzene rings is 1. The summed E-state index contributed by atoms with van der Waals surface area (Å²) in [6, 6.07) is 3.13. The third kappa shape index (κ3) is 3.15. The van der Waals surface area contributed by atoms with Crippen molar-refractivity contribution in [2.75, 3.05) is 7.05 Å². The van der Waals surface area contributed by atoms with E-state index in [0.29, 0.717) is 27.0 Å². The fourth-order valence-corrected chi connectivity index (χ4v) is 2.91. The third-order valence-electron chi connectivity index (χ3n) is 3.38. The summed E-state index contributed by atoms with van der Waals surface area (Å²) in [5.74, 6) is 0.445. The number of nitrogens with one attached hydrogen (secondary N) is 1. The zero-order valence-corrected chi connectivity index (χ0v) is 14.9. The van der Waals surface area contributed by atoms with E-state index in [0.717, 1.165) is 0 Å². The van der Waals surface area contributed by atoms with Gasteiger partial charge in [-0.15, -0.1) is 11.6 Å². The molecule has 0 saturated carbocycles. The predicted octanol–water partition coefficient (Wildman–Crippen LogP) is 3.29. The largest absolute Gasteiger partial charge is 0.359 e. The summed E-state index contributed by atoms with van der Waals surface area (Å²) in [6.07, 6.45) is 0. The number of carbonyl (C=O) groups is 1. The lowest BCUT2D eigenvalue weighted by molar-refractivity contribution is -0.129. The van der Waals surface area contributed by atoms with Crippen molar-refractivity contribution in [3.63, 3.8) is 0 Å². The molecule has 0 saturated heterocycles. The fourth-order valence-electron chi connectivity index (χ4n) is 2.25. The number of hydrogen-bond acceptors (Lipinski definition) is 2. The van der Waals surface area contributed by atoms with Crippen LogP contribution in [0, 0.1) is 14.8 Å². The monoisotopic (exact) mass is 423 g/mol. The van der Waals surface area contributed by atoms with Crippen LogP contribution in [0.2, 0.25) is 0 Å². The molecule has 0 aliphatic heterocycles. The molecule has 0 spiro atoms. The van der Waals surface area contributed by atoms with E-state index in [1.165, 1.54) is 6.07 Å². The van der Waals surface area contributed by atoms with Gasteiger partial charge in [-0.2, -0.15) is 0 Å². The Kier molecular flexibility index (Phi) is 4.77. The van der Waals surface area contributed by atoms with Crippen LogP contribution in [0.3, 0.4) is 0 Å². The molecule has 21 heavy (non-hydrogen) atoms. The predicted molar refractivity (Wildman–Crippen MR) is 89.8 cm³/mol. The molecule has 1 amide bonds. The highest BCUT2D eigenvalue weighted by atomic mass is 127. The summed E-state index contributed by atoms with van der Waals surface area (Å²) in [4.78, 5) is 16.4. The molecular formula is C14H16ClFIN3O. The first-order valence-electron chi connectivity index (χ1n) is 6.42. The lowest BCUT2D eigenvalue weighted by atomic mass is 9.92. The number of fused-ring (bicyclic) bond motifs is 1. The van der Waals surface area contributed by atoms with E-state index in [2.05, 4.69) is 10.3 Å². The first-order valence-corrected chi connectivity index (χ1v) is 8.04. The van der Waals surface area contributed by atoms with E-state index >= 15 is 0 Å². The first-order chi connectivity index (χ1) is 9.80. The maximum Gasteiger partial charge on any atom is 0.227 e. The molecule has 1 heterocycles. The van der Waals surface area contributed by atoms with E-state index in [1.54, 1.807) is 13.1 Å². The van der Waals surface area contributed by atoms with Gasteiger partial charge in [-0.3, -0.25) is 4.79 Å². The van der Waals surface area contributed by atoms with Crippen LogP contribution < -0.4 is 5.32 Å². The van der Waals surface area contributed by atoms with Crippen molar-refractivity contribution < 1.29 is 9.18 Å². The SMILES string of the molecule is CNC(=O)C(C)(C)Cn1c(CCl)nc2cc(I)c(F)cc21. The summed E-state index contributed by atoms with van der Waals surface area (Å²) in [6.45, 7) is 4.04. The quantitative estimate of drug-likeness (QED) is 0.606. The van der Waals surface area contributed by atoms with Gasteiger partial charge in [-0.25, -0.2) is 9.37 Å². The second-order valence-electron chi connectivity index (χ2n) is 5.47. The maximum atomic E-state index is 13.8. The molecule has 2 rings (SSSR count). The molecule has 0 radical (unpaired) electrons. The summed E-state index contributed by atoms with van der Waals surface area (Å²) in [5, 5.41) is 2.64. The molecule has 1 N–H and O–H groups in total. The van der Waals surface area contributed by atoms with Crippen molar-refractivity contribution in [3.8, 4) is 0 Å². The Bertz CT molecular complexity index is 699. The Balaban J connectivity index is 2.56. The van der Waals surface area contributed by atoms with Crippen molar-refractivity contribution in [3.05, 3.63) is 27.3 Å². The Morgan fingerprint density at radius 3 is 2.76 bits per heavy atom. The van der Waals surface area contributed by atoms with Gasteiger partial charge in [0.05, 0.1) is 25.9 Å². The molecule has 114 valence electrons. The Hall–Kier alpha value is -0.890. The highest BCUT2D eigenvalue weighted by molar-refractivity contribution is 14.1. The molecule has 0 bridgehead atoms. The van der Waals surface area contributed by atoms with Gasteiger partial charge in [-0.1, -0.05) is 0 Å². The number of nitrogens with zero attached hydrogens (tertiary/aromatic N) is 2. The van der Waals surface area contributed by atoms with Crippen molar-refractivity contribution in [2.45, 2.75) is 26.3 Å². The zero-order chi connectivity index (χ0) is 15.8. The average molecular weight is 424 g/mol. The summed E-state index contributed by atoms with van der Waals surface area (Å²) < 4.78 is 16.2. The topological polar surface area (TPSA) is 46.9 Å². The Morgan fingerprint density at radius 2 is 2.19 bits per heavy atom. The molecular weight excluding hydrogens is 408 g/mol. The van der Waals surface area contributed by atoms with Crippen LogP contribution in [0.1, 0.15) is 19.7 Å². The number of rotatable bonds is 4. The van der Waals surface area contributed by atoms with Gasteiger partial charge in [0, 0.05) is 19.7 Å². The summed E-state index contributed by atoms with van der Waals surface area (Å²) >= 11 is 7.87. The summed E-state index contributed by atoms with van der Waals surface area (Å²) in [7, 11) is 1.60. The van der Waals surface area contributed by atoms with Gasteiger partial charge in [0.1, 0.15) is 11.6 Å². The van der Waals surface area contributed by atoms with E-state index in [4.69, 9.17) is 11.6 Å². The van der Waals surface area contributed by atoms with Gasteiger partial charge >= 0.3 is 0 Å². The number of halogens is 3.